The monoisotopic (exact) mass is 127 g/mol. The van der Waals surface area contributed by atoms with Crippen LogP contribution in [-0.2, 0) is 9.53 Å². The van der Waals surface area contributed by atoms with E-state index in [9.17, 15) is 4.79 Å². The number of esters is 1. The fourth-order valence-corrected chi connectivity index (χ4v) is 1.53. The number of hydrogen-bond acceptors (Lipinski definition) is 3. The van der Waals surface area contributed by atoms with E-state index in [0.717, 1.165) is 6.42 Å². The third-order valence-corrected chi connectivity index (χ3v) is 2.22. The van der Waals surface area contributed by atoms with E-state index in [1.165, 1.54) is 0 Å². The quantitative estimate of drug-likeness (QED) is 0.452. The SMILES string of the molecule is N[C@@H]1C[C@H]2OC(=O)C[C@@H]12. The van der Waals surface area contributed by atoms with Gasteiger partial charge in [-0.3, -0.25) is 4.79 Å². The van der Waals surface area contributed by atoms with Crippen molar-refractivity contribution >= 4 is 5.97 Å². The van der Waals surface area contributed by atoms with Crippen LogP contribution in [-0.4, -0.2) is 18.1 Å². The first-order valence-electron chi connectivity index (χ1n) is 3.22. The van der Waals surface area contributed by atoms with Gasteiger partial charge in [0.1, 0.15) is 6.10 Å². The molecule has 0 aromatic carbocycles. The van der Waals surface area contributed by atoms with Crippen molar-refractivity contribution in [3.63, 3.8) is 0 Å². The lowest BCUT2D eigenvalue weighted by Gasteiger charge is -2.34. The summed E-state index contributed by atoms with van der Waals surface area (Å²) in [6.45, 7) is 0. The Kier molecular flexibility index (Phi) is 0.858. The van der Waals surface area contributed by atoms with Crippen LogP contribution in [0.15, 0.2) is 0 Å². The van der Waals surface area contributed by atoms with Gasteiger partial charge in [-0.1, -0.05) is 0 Å². The number of nitrogens with two attached hydrogens (primary N) is 1. The lowest BCUT2D eigenvalue weighted by molar-refractivity contribution is -0.143. The molecule has 0 bridgehead atoms. The van der Waals surface area contributed by atoms with Gasteiger partial charge in [0, 0.05) is 18.4 Å². The van der Waals surface area contributed by atoms with Crippen molar-refractivity contribution in [2.75, 3.05) is 0 Å². The average Bonchev–Trinajstić information content (AvgIpc) is 2.08. The lowest BCUT2D eigenvalue weighted by Crippen LogP contribution is -2.48. The molecule has 3 heteroatoms. The lowest BCUT2D eigenvalue weighted by atomic mass is 9.77. The summed E-state index contributed by atoms with van der Waals surface area (Å²) in [6, 6.07) is 0.224. The number of carbonyl (C=O) groups excluding carboxylic acids is 1. The van der Waals surface area contributed by atoms with E-state index >= 15 is 0 Å². The maximum absolute atomic E-state index is 10.6. The Morgan fingerprint density at radius 3 is 2.89 bits per heavy atom. The van der Waals surface area contributed by atoms with E-state index in [4.69, 9.17) is 10.5 Å². The molecule has 1 aliphatic carbocycles. The fraction of sp³-hybridized carbons (Fsp3) is 0.833. The molecule has 3 nitrogen and oxygen atoms in total. The minimum absolute atomic E-state index is 0.0713. The first-order chi connectivity index (χ1) is 4.27. The maximum atomic E-state index is 10.6. The molecule has 0 radical (unpaired) electrons. The van der Waals surface area contributed by atoms with Gasteiger partial charge >= 0.3 is 5.97 Å². The Labute approximate surface area is 53.2 Å². The number of carbonyl (C=O) groups is 1. The molecule has 0 spiro atoms. The molecule has 9 heavy (non-hydrogen) atoms. The van der Waals surface area contributed by atoms with Gasteiger partial charge in [-0.05, 0) is 0 Å². The highest BCUT2D eigenvalue weighted by Crippen LogP contribution is 2.37. The van der Waals surface area contributed by atoms with Crippen LogP contribution in [0.3, 0.4) is 0 Å². The third kappa shape index (κ3) is 0.580. The highest BCUT2D eigenvalue weighted by molar-refractivity contribution is 5.72. The molecule has 2 aliphatic rings. The van der Waals surface area contributed by atoms with Gasteiger partial charge in [-0.2, -0.15) is 0 Å². The van der Waals surface area contributed by atoms with Crippen LogP contribution in [0.4, 0.5) is 0 Å². The standard InChI is InChI=1S/C6H9NO2/c7-4-2-5-3(4)1-6(8)9-5/h3-5H,1-2,7H2/t3-,4+,5+/m0/s1. The topological polar surface area (TPSA) is 52.3 Å². The second-order valence-electron chi connectivity index (χ2n) is 2.80. The highest BCUT2D eigenvalue weighted by Gasteiger charge is 2.47. The van der Waals surface area contributed by atoms with E-state index in [-0.39, 0.29) is 18.1 Å². The molecule has 0 unspecified atom stereocenters. The smallest absolute Gasteiger partial charge is 0.306 e. The van der Waals surface area contributed by atoms with Crippen LogP contribution in [0, 0.1) is 5.92 Å². The van der Waals surface area contributed by atoms with Crippen molar-refractivity contribution in [1.82, 2.24) is 0 Å². The zero-order chi connectivity index (χ0) is 6.43. The number of fused-ring (bicyclic) bond motifs is 1. The summed E-state index contributed by atoms with van der Waals surface area (Å²) in [6.07, 6.45) is 1.59. The zero-order valence-electron chi connectivity index (χ0n) is 5.04. The van der Waals surface area contributed by atoms with Gasteiger partial charge in [0.15, 0.2) is 0 Å². The zero-order valence-corrected chi connectivity index (χ0v) is 5.04. The Hall–Kier alpha value is -0.570. The molecule has 1 aliphatic heterocycles. The van der Waals surface area contributed by atoms with E-state index in [2.05, 4.69) is 0 Å². The molecule has 0 amide bonds. The predicted octanol–water partition coefficient (Wildman–Crippen LogP) is -0.351. The van der Waals surface area contributed by atoms with Gasteiger partial charge in [0.25, 0.3) is 0 Å². The first kappa shape index (κ1) is 5.23. The van der Waals surface area contributed by atoms with Crippen molar-refractivity contribution in [3.8, 4) is 0 Å². The van der Waals surface area contributed by atoms with Crippen LogP contribution >= 0.6 is 0 Å². The number of rotatable bonds is 0. The Morgan fingerprint density at radius 1 is 1.67 bits per heavy atom. The van der Waals surface area contributed by atoms with E-state index in [0.29, 0.717) is 12.3 Å². The molecule has 0 aromatic heterocycles. The van der Waals surface area contributed by atoms with E-state index in [1.807, 2.05) is 0 Å². The van der Waals surface area contributed by atoms with Crippen molar-refractivity contribution < 1.29 is 9.53 Å². The van der Waals surface area contributed by atoms with Crippen LogP contribution in [0.1, 0.15) is 12.8 Å². The number of hydrogen-bond donors (Lipinski definition) is 1. The maximum Gasteiger partial charge on any atom is 0.306 e. The van der Waals surface area contributed by atoms with Crippen LogP contribution in [0.5, 0.6) is 0 Å². The Morgan fingerprint density at radius 2 is 2.44 bits per heavy atom. The van der Waals surface area contributed by atoms with Gasteiger partial charge < -0.3 is 10.5 Å². The van der Waals surface area contributed by atoms with Gasteiger partial charge in [-0.25, -0.2) is 0 Å². The summed E-state index contributed by atoms with van der Waals surface area (Å²) in [5.74, 6) is 0.274. The Balaban J connectivity index is 2.08. The molecule has 2 N–H and O–H groups in total. The molecule has 1 saturated heterocycles. The largest absolute Gasteiger partial charge is 0.462 e. The van der Waals surface area contributed by atoms with Gasteiger partial charge in [-0.15, -0.1) is 0 Å². The second-order valence-corrected chi connectivity index (χ2v) is 2.80. The van der Waals surface area contributed by atoms with Crippen LogP contribution < -0.4 is 5.73 Å². The minimum Gasteiger partial charge on any atom is -0.462 e. The molecule has 3 atom stereocenters. The first-order valence-corrected chi connectivity index (χ1v) is 3.22. The van der Waals surface area contributed by atoms with Crippen LogP contribution in [0.25, 0.3) is 0 Å². The van der Waals surface area contributed by atoms with Crippen LogP contribution in [0.2, 0.25) is 0 Å². The van der Waals surface area contributed by atoms with Crippen molar-refractivity contribution in [3.05, 3.63) is 0 Å². The summed E-state index contributed by atoms with van der Waals surface area (Å²) in [5, 5.41) is 0. The van der Waals surface area contributed by atoms with Crippen molar-refractivity contribution in [2.24, 2.45) is 11.7 Å². The summed E-state index contributed by atoms with van der Waals surface area (Å²) in [7, 11) is 0. The summed E-state index contributed by atoms with van der Waals surface area (Å²) in [5.41, 5.74) is 5.59. The molecule has 1 heterocycles. The normalized spacial score (nSPS) is 47.7. The molecular formula is C6H9NO2. The molecule has 0 aromatic rings. The van der Waals surface area contributed by atoms with E-state index < -0.39 is 0 Å². The second kappa shape index (κ2) is 1.48. The van der Waals surface area contributed by atoms with Gasteiger partial charge in [0.05, 0.1) is 6.42 Å². The Bertz CT molecular complexity index is 157. The molecule has 2 fully saturated rings. The minimum atomic E-state index is -0.0713. The molecular weight excluding hydrogens is 118 g/mol. The summed E-state index contributed by atoms with van der Waals surface area (Å²) >= 11 is 0. The third-order valence-electron chi connectivity index (χ3n) is 2.22. The fourth-order valence-electron chi connectivity index (χ4n) is 1.53. The van der Waals surface area contributed by atoms with Crippen molar-refractivity contribution in [2.45, 2.75) is 25.0 Å². The van der Waals surface area contributed by atoms with E-state index in [1.54, 1.807) is 0 Å². The number of ether oxygens (including phenoxy) is 1. The molecule has 50 valence electrons. The average molecular weight is 127 g/mol. The molecule has 1 saturated carbocycles. The summed E-state index contributed by atoms with van der Waals surface area (Å²) in [4.78, 5) is 10.6. The highest BCUT2D eigenvalue weighted by atomic mass is 16.6. The predicted molar refractivity (Wildman–Crippen MR) is 30.6 cm³/mol. The summed E-state index contributed by atoms with van der Waals surface area (Å²) < 4.78 is 4.91. The van der Waals surface area contributed by atoms with Gasteiger partial charge in [0.2, 0.25) is 0 Å². The molecule has 2 rings (SSSR count). The van der Waals surface area contributed by atoms with Crippen molar-refractivity contribution in [1.29, 1.82) is 0 Å².